The normalized spacial score (nSPS) is 9.65. The molecular weight excluding hydrogens is 322 g/mol. The smallest absolute Gasteiger partial charge is 0.255 e. The summed E-state index contributed by atoms with van der Waals surface area (Å²) in [5, 5.41) is 11.5. The fraction of sp³-hybridized carbons (Fsp3) is 0.0714. The Morgan fingerprint density at radius 1 is 1.40 bits per heavy atom. The number of rotatable bonds is 3. The first-order valence-electron chi connectivity index (χ1n) is 5.65. The van der Waals surface area contributed by atoms with E-state index in [1.54, 1.807) is 18.2 Å². The molecular formula is C14H10BrN3O2. The molecule has 0 bridgehead atoms. The minimum Gasteiger partial charge on any atom is -0.495 e. The predicted molar refractivity (Wildman–Crippen MR) is 77.6 cm³/mol. The van der Waals surface area contributed by atoms with Gasteiger partial charge in [-0.05, 0) is 30.3 Å². The number of ether oxygens (including phenoxy) is 1. The number of carbonyl (C=O) groups excluding carboxylic acids is 1. The summed E-state index contributed by atoms with van der Waals surface area (Å²) in [4.78, 5) is 16.0. The Balaban J connectivity index is 2.27. The zero-order valence-electron chi connectivity index (χ0n) is 10.6. The van der Waals surface area contributed by atoms with E-state index in [2.05, 4.69) is 26.2 Å². The van der Waals surface area contributed by atoms with Gasteiger partial charge in [-0.3, -0.25) is 4.79 Å². The molecule has 0 aliphatic rings. The Morgan fingerprint density at radius 3 is 2.90 bits per heavy atom. The van der Waals surface area contributed by atoms with Crippen LogP contribution in [0.2, 0.25) is 0 Å². The molecule has 1 heterocycles. The van der Waals surface area contributed by atoms with E-state index in [0.717, 1.165) is 4.47 Å². The molecule has 0 saturated heterocycles. The summed E-state index contributed by atoms with van der Waals surface area (Å²) in [5.41, 5.74) is 1.10. The van der Waals surface area contributed by atoms with Gasteiger partial charge in [0.25, 0.3) is 5.91 Å². The molecule has 5 nitrogen and oxygen atoms in total. The number of nitriles is 1. The van der Waals surface area contributed by atoms with E-state index >= 15 is 0 Å². The third-order valence-electron chi connectivity index (χ3n) is 2.55. The van der Waals surface area contributed by atoms with Crippen molar-refractivity contribution in [3.8, 4) is 11.8 Å². The van der Waals surface area contributed by atoms with E-state index in [0.29, 0.717) is 17.0 Å². The topological polar surface area (TPSA) is 75.0 Å². The summed E-state index contributed by atoms with van der Waals surface area (Å²) in [6.07, 6.45) is 1.42. The van der Waals surface area contributed by atoms with Crippen LogP contribution >= 0.6 is 15.9 Å². The summed E-state index contributed by atoms with van der Waals surface area (Å²) in [6.45, 7) is 0. The van der Waals surface area contributed by atoms with Gasteiger partial charge in [0, 0.05) is 16.2 Å². The number of hydrogen-bond acceptors (Lipinski definition) is 4. The second-order valence-electron chi connectivity index (χ2n) is 3.84. The summed E-state index contributed by atoms with van der Waals surface area (Å²) in [6, 6.07) is 10.2. The van der Waals surface area contributed by atoms with Crippen LogP contribution in [0.4, 0.5) is 5.69 Å². The minimum atomic E-state index is -0.333. The maximum absolute atomic E-state index is 12.1. The van der Waals surface area contributed by atoms with Crippen LogP contribution in [-0.4, -0.2) is 18.0 Å². The van der Waals surface area contributed by atoms with Gasteiger partial charge in [0.1, 0.15) is 17.5 Å². The predicted octanol–water partition coefficient (Wildman–Crippen LogP) is 2.98. The van der Waals surface area contributed by atoms with E-state index in [9.17, 15) is 4.79 Å². The fourth-order valence-electron chi connectivity index (χ4n) is 1.61. The van der Waals surface area contributed by atoms with Crippen molar-refractivity contribution in [2.45, 2.75) is 0 Å². The molecule has 0 unspecified atom stereocenters. The van der Waals surface area contributed by atoms with Crippen molar-refractivity contribution in [2.24, 2.45) is 0 Å². The number of nitrogens with one attached hydrogen (secondary N) is 1. The number of nitrogens with zero attached hydrogens (tertiary/aromatic N) is 2. The molecule has 0 spiro atoms. The number of amides is 1. The molecule has 0 aliphatic heterocycles. The van der Waals surface area contributed by atoms with Gasteiger partial charge in [0.2, 0.25) is 0 Å². The number of carbonyl (C=O) groups is 1. The quantitative estimate of drug-likeness (QED) is 0.938. The average molecular weight is 332 g/mol. The number of aromatic nitrogens is 1. The third-order valence-corrected chi connectivity index (χ3v) is 3.04. The van der Waals surface area contributed by atoms with Crippen LogP contribution in [0.15, 0.2) is 41.0 Å². The molecule has 2 aromatic rings. The molecule has 100 valence electrons. The van der Waals surface area contributed by atoms with Crippen LogP contribution in [0.3, 0.4) is 0 Å². The Morgan fingerprint density at radius 2 is 2.20 bits per heavy atom. The van der Waals surface area contributed by atoms with Crippen molar-refractivity contribution in [1.29, 1.82) is 5.26 Å². The monoisotopic (exact) mass is 331 g/mol. The number of benzene rings is 1. The summed E-state index contributed by atoms with van der Waals surface area (Å²) in [7, 11) is 1.53. The standard InChI is InChI=1S/C14H10BrN3O2/c1-20-13-3-2-10(15)7-12(13)18-14(19)9-4-5-17-11(6-9)8-16/h2-7H,1H3,(H,18,19). The second-order valence-corrected chi connectivity index (χ2v) is 4.76. The number of anilines is 1. The van der Waals surface area contributed by atoms with E-state index in [1.807, 2.05) is 12.1 Å². The van der Waals surface area contributed by atoms with Gasteiger partial charge in [-0.2, -0.15) is 5.26 Å². The number of pyridine rings is 1. The van der Waals surface area contributed by atoms with E-state index in [1.165, 1.54) is 19.4 Å². The number of halogens is 1. The first kappa shape index (κ1) is 14.0. The third kappa shape index (κ3) is 3.13. The van der Waals surface area contributed by atoms with Crippen molar-refractivity contribution in [3.05, 3.63) is 52.3 Å². The van der Waals surface area contributed by atoms with E-state index in [4.69, 9.17) is 10.00 Å². The molecule has 1 N–H and O–H groups in total. The lowest BCUT2D eigenvalue weighted by Gasteiger charge is -2.10. The Kier molecular flexibility index (Phi) is 4.33. The van der Waals surface area contributed by atoms with Gasteiger partial charge in [0.05, 0.1) is 12.8 Å². The molecule has 0 atom stereocenters. The minimum absolute atomic E-state index is 0.193. The lowest BCUT2D eigenvalue weighted by atomic mass is 10.2. The fourth-order valence-corrected chi connectivity index (χ4v) is 1.97. The Labute approximate surface area is 124 Å². The summed E-state index contributed by atoms with van der Waals surface area (Å²) < 4.78 is 6.00. The number of methoxy groups -OCH3 is 1. The summed E-state index contributed by atoms with van der Waals surface area (Å²) >= 11 is 3.33. The highest BCUT2D eigenvalue weighted by Crippen LogP contribution is 2.28. The van der Waals surface area contributed by atoms with Crippen LogP contribution in [0.1, 0.15) is 16.1 Å². The zero-order valence-corrected chi connectivity index (χ0v) is 12.1. The molecule has 6 heteroatoms. The van der Waals surface area contributed by atoms with Crippen molar-refractivity contribution in [3.63, 3.8) is 0 Å². The summed E-state index contributed by atoms with van der Waals surface area (Å²) in [5.74, 6) is 0.219. The first-order chi connectivity index (χ1) is 9.63. The van der Waals surface area contributed by atoms with Crippen LogP contribution in [-0.2, 0) is 0 Å². The number of hydrogen-bond donors (Lipinski definition) is 1. The van der Waals surface area contributed by atoms with E-state index < -0.39 is 0 Å². The van der Waals surface area contributed by atoms with Crippen LogP contribution in [0.5, 0.6) is 5.75 Å². The average Bonchev–Trinajstić information content (AvgIpc) is 2.47. The molecule has 0 aliphatic carbocycles. The van der Waals surface area contributed by atoms with Crippen LogP contribution in [0, 0.1) is 11.3 Å². The molecule has 2 rings (SSSR count). The van der Waals surface area contributed by atoms with Gasteiger partial charge in [-0.15, -0.1) is 0 Å². The Bertz CT molecular complexity index is 695. The Hall–Kier alpha value is -2.39. The van der Waals surface area contributed by atoms with Crippen molar-refractivity contribution < 1.29 is 9.53 Å². The van der Waals surface area contributed by atoms with Crippen molar-refractivity contribution in [2.75, 3.05) is 12.4 Å². The van der Waals surface area contributed by atoms with Gasteiger partial charge in [-0.25, -0.2) is 4.98 Å². The van der Waals surface area contributed by atoms with Gasteiger partial charge >= 0.3 is 0 Å². The first-order valence-corrected chi connectivity index (χ1v) is 6.44. The van der Waals surface area contributed by atoms with Crippen molar-refractivity contribution >= 4 is 27.5 Å². The lowest BCUT2D eigenvalue weighted by Crippen LogP contribution is -2.13. The molecule has 0 radical (unpaired) electrons. The maximum Gasteiger partial charge on any atom is 0.255 e. The molecule has 0 fully saturated rings. The van der Waals surface area contributed by atoms with E-state index in [-0.39, 0.29) is 11.6 Å². The molecule has 1 aromatic carbocycles. The molecule has 0 saturated carbocycles. The van der Waals surface area contributed by atoms with Crippen LogP contribution < -0.4 is 10.1 Å². The second kappa shape index (κ2) is 6.17. The molecule has 20 heavy (non-hydrogen) atoms. The van der Waals surface area contributed by atoms with Crippen LogP contribution in [0.25, 0.3) is 0 Å². The lowest BCUT2D eigenvalue weighted by molar-refractivity contribution is 0.102. The largest absolute Gasteiger partial charge is 0.495 e. The highest BCUT2D eigenvalue weighted by Gasteiger charge is 2.11. The van der Waals surface area contributed by atoms with Gasteiger partial charge in [-0.1, -0.05) is 15.9 Å². The van der Waals surface area contributed by atoms with Gasteiger partial charge < -0.3 is 10.1 Å². The highest BCUT2D eigenvalue weighted by atomic mass is 79.9. The highest BCUT2D eigenvalue weighted by molar-refractivity contribution is 9.10. The van der Waals surface area contributed by atoms with Crippen molar-refractivity contribution in [1.82, 2.24) is 4.98 Å². The maximum atomic E-state index is 12.1. The zero-order chi connectivity index (χ0) is 14.5. The molecule has 1 amide bonds. The van der Waals surface area contributed by atoms with Gasteiger partial charge in [0.15, 0.2) is 0 Å². The SMILES string of the molecule is COc1ccc(Br)cc1NC(=O)c1ccnc(C#N)c1. The molecule has 1 aromatic heterocycles.